The molecule has 0 aliphatic heterocycles. The third-order valence-corrected chi connectivity index (χ3v) is 5.15. The predicted octanol–water partition coefficient (Wildman–Crippen LogP) is 2.45. The van der Waals surface area contributed by atoms with Crippen LogP contribution in [0.5, 0.6) is 11.5 Å². The number of rotatable bonds is 12. The van der Waals surface area contributed by atoms with Gasteiger partial charge in [0.25, 0.3) is 0 Å². The Bertz CT molecular complexity index is 933. The molecular formula is C24H34N2O7S+2. The average Bonchev–Trinajstić information content (AvgIpc) is 2.72. The van der Waals surface area contributed by atoms with Crippen LogP contribution in [-0.4, -0.2) is 93.7 Å². The first kappa shape index (κ1) is 27.3. The van der Waals surface area contributed by atoms with Crippen molar-refractivity contribution in [1.29, 1.82) is 0 Å². The van der Waals surface area contributed by atoms with Crippen LogP contribution in [-0.2, 0) is 20.8 Å². The molecule has 34 heavy (non-hydrogen) atoms. The second-order valence-corrected chi connectivity index (χ2v) is 10.4. The van der Waals surface area contributed by atoms with E-state index in [9.17, 15) is 13.8 Å². The maximum atomic E-state index is 12.6. The molecule has 0 bridgehead atoms. The quantitative estimate of drug-likeness (QED) is 0.331. The molecule has 0 fully saturated rings. The number of carbonyl (C=O) groups excluding carboxylic acids is 2. The molecule has 2 aromatic carbocycles. The largest absolute Gasteiger partial charge is 0.456 e. The normalized spacial score (nSPS) is 11.7. The molecule has 9 nitrogen and oxygen atoms in total. The lowest BCUT2D eigenvalue weighted by Gasteiger charge is -2.23. The first-order valence-corrected chi connectivity index (χ1v) is 11.8. The van der Waals surface area contributed by atoms with Crippen molar-refractivity contribution in [2.75, 3.05) is 68.6 Å². The molecule has 0 amide bonds. The highest BCUT2D eigenvalue weighted by Gasteiger charge is 2.21. The maximum Gasteiger partial charge on any atom is 0.417 e. The summed E-state index contributed by atoms with van der Waals surface area (Å²) in [5.41, 5.74) is 0.239. The van der Waals surface area contributed by atoms with Gasteiger partial charge in [0.1, 0.15) is 37.4 Å². The van der Waals surface area contributed by atoms with Crippen LogP contribution in [0, 0.1) is 0 Å². The SMILES string of the molecule is C[N+](C)(C)CCOC(=O)c1ccccc1OS(=O)Oc1ccccc1C(=O)OCC[N+](C)(C)C. The standard InChI is InChI=1S/C24H34N2O7S/c1-25(2,3)15-17-30-23(27)19-11-7-9-13-21(19)32-34(29)33-22-14-10-8-12-20(22)24(28)31-18-16-26(4,5)6/h7-14H,15-18H2,1-6H3/q+2. The molecular weight excluding hydrogens is 460 g/mol. The first-order valence-electron chi connectivity index (χ1n) is 10.8. The summed E-state index contributed by atoms with van der Waals surface area (Å²) in [5, 5.41) is 0. The number of carbonyl (C=O) groups is 2. The zero-order valence-electron chi connectivity index (χ0n) is 20.6. The van der Waals surface area contributed by atoms with E-state index in [4.69, 9.17) is 17.8 Å². The molecule has 0 aliphatic rings. The second-order valence-electron chi connectivity index (χ2n) is 9.66. The Balaban J connectivity index is 2.04. The molecule has 2 aromatic rings. The fourth-order valence-corrected chi connectivity index (χ4v) is 3.18. The van der Waals surface area contributed by atoms with Crippen LogP contribution in [0.25, 0.3) is 0 Å². The van der Waals surface area contributed by atoms with Crippen LogP contribution < -0.4 is 8.37 Å². The lowest BCUT2D eigenvalue weighted by Crippen LogP contribution is -2.38. The molecule has 0 aliphatic carbocycles. The summed E-state index contributed by atoms with van der Waals surface area (Å²) in [4.78, 5) is 25.0. The van der Waals surface area contributed by atoms with Gasteiger partial charge >= 0.3 is 23.3 Å². The number of benzene rings is 2. The van der Waals surface area contributed by atoms with Crippen molar-refractivity contribution in [3.05, 3.63) is 59.7 Å². The topological polar surface area (TPSA) is 88.1 Å². The highest BCUT2D eigenvalue weighted by Crippen LogP contribution is 2.24. The van der Waals surface area contributed by atoms with Crippen molar-refractivity contribution in [1.82, 2.24) is 0 Å². The Morgan fingerprint density at radius 3 is 1.38 bits per heavy atom. The summed E-state index contributed by atoms with van der Waals surface area (Å²) in [6, 6.07) is 12.6. The minimum Gasteiger partial charge on any atom is -0.456 e. The number of likely N-dealkylation sites (N-methyl/N-ethyl adjacent to an activating group) is 2. The lowest BCUT2D eigenvalue weighted by atomic mass is 10.2. The molecule has 0 saturated heterocycles. The van der Waals surface area contributed by atoms with Crippen molar-refractivity contribution in [3.63, 3.8) is 0 Å². The molecule has 0 aromatic heterocycles. The van der Waals surface area contributed by atoms with Crippen molar-refractivity contribution in [2.45, 2.75) is 0 Å². The molecule has 2 rings (SSSR count). The van der Waals surface area contributed by atoms with Gasteiger partial charge in [0, 0.05) is 0 Å². The van der Waals surface area contributed by atoms with Crippen molar-refractivity contribution < 1.29 is 40.6 Å². The first-order chi connectivity index (χ1) is 15.9. The van der Waals surface area contributed by atoms with Gasteiger partial charge in [0.2, 0.25) is 0 Å². The van der Waals surface area contributed by atoms with E-state index in [1.54, 1.807) is 24.3 Å². The van der Waals surface area contributed by atoms with Crippen molar-refractivity contribution in [3.8, 4) is 11.5 Å². The Morgan fingerprint density at radius 2 is 1.03 bits per heavy atom. The second kappa shape index (κ2) is 12.0. The number of esters is 2. The Kier molecular flexibility index (Phi) is 9.60. The van der Waals surface area contributed by atoms with E-state index < -0.39 is 23.3 Å². The fourth-order valence-electron chi connectivity index (χ4n) is 2.56. The summed E-state index contributed by atoms with van der Waals surface area (Å²) >= 11 is -2.34. The van der Waals surface area contributed by atoms with Gasteiger partial charge in [-0.1, -0.05) is 24.3 Å². The van der Waals surface area contributed by atoms with Gasteiger partial charge in [-0.3, -0.25) is 0 Å². The number of nitrogens with zero attached hydrogens (tertiary/aromatic N) is 2. The highest BCUT2D eigenvalue weighted by atomic mass is 32.2. The number of quaternary nitrogens is 2. The van der Waals surface area contributed by atoms with Crippen LogP contribution in [0.15, 0.2) is 48.5 Å². The van der Waals surface area contributed by atoms with Gasteiger partial charge in [-0.05, 0) is 24.3 Å². The zero-order chi connectivity index (χ0) is 25.4. The van der Waals surface area contributed by atoms with E-state index in [1.807, 2.05) is 42.3 Å². The highest BCUT2D eigenvalue weighted by molar-refractivity contribution is 7.76. The monoisotopic (exact) mass is 494 g/mol. The minimum absolute atomic E-state index is 0.0408. The smallest absolute Gasteiger partial charge is 0.417 e. The van der Waals surface area contributed by atoms with Gasteiger partial charge in [0.05, 0.1) is 42.3 Å². The minimum atomic E-state index is -2.34. The van der Waals surface area contributed by atoms with Crippen LogP contribution in [0.3, 0.4) is 0 Å². The number of para-hydroxylation sites is 2. The summed E-state index contributed by atoms with van der Waals surface area (Å²) < 4.78 is 35.2. The predicted molar refractivity (Wildman–Crippen MR) is 129 cm³/mol. The van der Waals surface area contributed by atoms with Crippen LogP contribution in [0.4, 0.5) is 0 Å². The van der Waals surface area contributed by atoms with E-state index in [1.165, 1.54) is 24.3 Å². The molecule has 0 unspecified atom stereocenters. The third-order valence-electron chi connectivity index (χ3n) is 4.52. The Hall–Kier alpha value is -2.95. The lowest BCUT2D eigenvalue weighted by molar-refractivity contribution is -0.870. The molecule has 186 valence electrons. The average molecular weight is 495 g/mol. The van der Waals surface area contributed by atoms with E-state index in [-0.39, 0.29) is 35.8 Å². The summed E-state index contributed by atoms with van der Waals surface area (Å²) in [6.07, 6.45) is 0. The number of ether oxygens (including phenoxy) is 2. The van der Waals surface area contributed by atoms with E-state index in [0.717, 1.165) is 0 Å². The van der Waals surface area contributed by atoms with Crippen LogP contribution in [0.2, 0.25) is 0 Å². The van der Waals surface area contributed by atoms with Gasteiger partial charge in [-0.15, -0.1) is 0 Å². The molecule has 0 atom stereocenters. The van der Waals surface area contributed by atoms with Gasteiger partial charge < -0.3 is 26.8 Å². The molecule has 10 heteroatoms. The molecule has 0 spiro atoms. The Morgan fingerprint density at radius 1 is 0.676 bits per heavy atom. The molecule has 0 saturated carbocycles. The van der Waals surface area contributed by atoms with E-state index in [0.29, 0.717) is 22.1 Å². The molecule has 0 radical (unpaired) electrons. The molecule has 0 N–H and O–H groups in total. The van der Waals surface area contributed by atoms with Gasteiger partial charge in [0.15, 0.2) is 11.5 Å². The zero-order valence-corrected chi connectivity index (χ0v) is 21.4. The summed E-state index contributed by atoms with van der Waals surface area (Å²) in [6.45, 7) is 1.70. The number of hydrogen-bond donors (Lipinski definition) is 0. The summed E-state index contributed by atoms with van der Waals surface area (Å²) in [7, 11) is 11.9. The molecule has 0 heterocycles. The van der Waals surface area contributed by atoms with E-state index >= 15 is 0 Å². The third kappa shape index (κ3) is 9.50. The van der Waals surface area contributed by atoms with E-state index in [2.05, 4.69) is 0 Å². The number of hydrogen-bond acceptors (Lipinski definition) is 7. The fraction of sp³-hybridized carbons (Fsp3) is 0.417. The van der Waals surface area contributed by atoms with Crippen LogP contribution >= 0.6 is 0 Å². The van der Waals surface area contributed by atoms with Crippen molar-refractivity contribution >= 4 is 23.3 Å². The van der Waals surface area contributed by atoms with Crippen molar-refractivity contribution in [2.24, 2.45) is 0 Å². The van der Waals surface area contributed by atoms with Crippen LogP contribution in [0.1, 0.15) is 20.7 Å². The van der Waals surface area contributed by atoms with Gasteiger partial charge in [-0.2, -0.15) is 4.21 Å². The summed E-state index contributed by atoms with van der Waals surface area (Å²) in [5.74, 6) is -1.11. The maximum absolute atomic E-state index is 12.6. The Labute approximate surface area is 203 Å². The van der Waals surface area contributed by atoms with Gasteiger partial charge in [-0.25, -0.2) is 9.59 Å².